The van der Waals surface area contributed by atoms with Gasteiger partial charge in [-0.25, -0.2) is 4.68 Å². The Morgan fingerprint density at radius 2 is 2.10 bits per heavy atom. The van der Waals surface area contributed by atoms with Crippen LogP contribution in [0.3, 0.4) is 0 Å². The molecule has 0 spiro atoms. The number of nitriles is 1. The number of aromatic nitrogens is 2. The van der Waals surface area contributed by atoms with Crippen LogP contribution in [-0.4, -0.2) is 15.7 Å². The molecule has 1 heterocycles. The van der Waals surface area contributed by atoms with Crippen molar-refractivity contribution in [1.82, 2.24) is 9.78 Å². The number of benzene rings is 1. The van der Waals surface area contributed by atoms with Crippen molar-refractivity contribution < 1.29 is 18.0 Å². The third kappa shape index (κ3) is 2.47. The number of nitrogens with zero attached hydrogens (tertiary/aromatic N) is 3. The number of amides is 1. The summed E-state index contributed by atoms with van der Waals surface area (Å²) in [5.74, 6) is -0.735. The predicted molar refractivity (Wildman–Crippen MR) is 61.8 cm³/mol. The fourth-order valence-corrected chi connectivity index (χ4v) is 1.60. The third-order valence-electron chi connectivity index (χ3n) is 2.56. The van der Waals surface area contributed by atoms with Gasteiger partial charge in [0.25, 0.3) is 5.91 Å². The number of alkyl halides is 3. The normalized spacial score (nSPS) is 11.1. The van der Waals surface area contributed by atoms with Crippen LogP contribution >= 0.6 is 0 Å². The van der Waals surface area contributed by atoms with Gasteiger partial charge in [0.15, 0.2) is 0 Å². The second-order valence-electron chi connectivity index (χ2n) is 3.88. The average Bonchev–Trinajstić information content (AvgIpc) is 2.86. The van der Waals surface area contributed by atoms with E-state index in [1.165, 1.54) is 18.3 Å². The Hall–Kier alpha value is -2.82. The topological polar surface area (TPSA) is 84.7 Å². The van der Waals surface area contributed by atoms with E-state index in [1.54, 1.807) is 0 Å². The van der Waals surface area contributed by atoms with E-state index < -0.39 is 23.2 Å². The van der Waals surface area contributed by atoms with Crippen molar-refractivity contribution in [2.45, 2.75) is 6.18 Å². The number of hydrogen-bond acceptors (Lipinski definition) is 3. The molecule has 0 aliphatic rings. The molecule has 8 heteroatoms. The lowest BCUT2D eigenvalue weighted by atomic mass is 10.1. The zero-order valence-electron chi connectivity index (χ0n) is 9.85. The van der Waals surface area contributed by atoms with Crippen LogP contribution in [0.5, 0.6) is 0 Å². The molecule has 0 aliphatic heterocycles. The second kappa shape index (κ2) is 4.70. The monoisotopic (exact) mass is 280 g/mol. The van der Waals surface area contributed by atoms with Gasteiger partial charge in [0.1, 0.15) is 0 Å². The van der Waals surface area contributed by atoms with Crippen molar-refractivity contribution in [3.8, 4) is 11.8 Å². The van der Waals surface area contributed by atoms with E-state index >= 15 is 0 Å². The molecule has 0 saturated carbocycles. The van der Waals surface area contributed by atoms with Gasteiger partial charge in [-0.1, -0.05) is 0 Å². The SMILES string of the molecule is N#Cc1ccc(-n2cc(C(N)=O)cn2)cc1C(F)(F)F. The van der Waals surface area contributed by atoms with Crippen molar-refractivity contribution in [3.63, 3.8) is 0 Å². The highest BCUT2D eigenvalue weighted by Gasteiger charge is 2.34. The Kier molecular flexibility index (Phi) is 3.19. The van der Waals surface area contributed by atoms with Crippen LogP contribution in [0, 0.1) is 11.3 Å². The summed E-state index contributed by atoms with van der Waals surface area (Å²) in [6.45, 7) is 0. The molecule has 1 aromatic heterocycles. The van der Waals surface area contributed by atoms with Crippen molar-refractivity contribution in [2.75, 3.05) is 0 Å². The molecule has 1 amide bonds. The zero-order chi connectivity index (χ0) is 14.9. The van der Waals surface area contributed by atoms with E-state index in [0.29, 0.717) is 0 Å². The summed E-state index contributed by atoms with van der Waals surface area (Å²) >= 11 is 0. The fraction of sp³-hybridized carbons (Fsp3) is 0.0833. The minimum atomic E-state index is -4.65. The summed E-state index contributed by atoms with van der Waals surface area (Å²) in [6, 6.07) is 4.61. The Morgan fingerprint density at radius 1 is 1.40 bits per heavy atom. The molecule has 5 nitrogen and oxygen atoms in total. The summed E-state index contributed by atoms with van der Waals surface area (Å²) < 4.78 is 39.5. The lowest BCUT2D eigenvalue weighted by Crippen LogP contribution is -2.10. The van der Waals surface area contributed by atoms with Gasteiger partial charge in [-0.15, -0.1) is 0 Å². The number of carbonyl (C=O) groups is 1. The number of rotatable bonds is 2. The Labute approximate surface area is 111 Å². The van der Waals surface area contributed by atoms with Gasteiger partial charge in [-0.05, 0) is 18.2 Å². The first-order valence-corrected chi connectivity index (χ1v) is 5.29. The number of primary amides is 1. The smallest absolute Gasteiger partial charge is 0.366 e. The summed E-state index contributed by atoms with van der Waals surface area (Å²) in [5.41, 5.74) is 3.64. The quantitative estimate of drug-likeness (QED) is 0.911. The van der Waals surface area contributed by atoms with Gasteiger partial charge >= 0.3 is 6.18 Å². The van der Waals surface area contributed by atoms with Gasteiger partial charge in [0.05, 0.1) is 34.6 Å². The number of halogens is 3. The second-order valence-corrected chi connectivity index (χ2v) is 3.88. The largest absolute Gasteiger partial charge is 0.417 e. The fourth-order valence-electron chi connectivity index (χ4n) is 1.60. The molecule has 102 valence electrons. The number of carbonyl (C=O) groups excluding carboxylic acids is 1. The highest BCUT2D eigenvalue weighted by Crippen LogP contribution is 2.33. The molecule has 0 saturated heterocycles. The standard InChI is InChI=1S/C12H7F3N4O/c13-12(14,15)10-3-9(2-1-7(10)4-16)19-6-8(5-18-19)11(17)20/h1-3,5-6H,(H2,17,20). The lowest BCUT2D eigenvalue weighted by Gasteiger charge is -2.10. The van der Waals surface area contributed by atoms with Crippen molar-refractivity contribution in [1.29, 1.82) is 5.26 Å². The lowest BCUT2D eigenvalue weighted by molar-refractivity contribution is -0.137. The van der Waals surface area contributed by atoms with Crippen LogP contribution < -0.4 is 5.73 Å². The van der Waals surface area contributed by atoms with Crippen LogP contribution in [0.25, 0.3) is 5.69 Å². The Balaban J connectivity index is 2.53. The predicted octanol–water partition coefficient (Wildman–Crippen LogP) is 1.86. The molecule has 2 N–H and O–H groups in total. The van der Waals surface area contributed by atoms with E-state index in [9.17, 15) is 18.0 Å². The van der Waals surface area contributed by atoms with Crippen molar-refractivity contribution in [3.05, 3.63) is 47.3 Å². The van der Waals surface area contributed by atoms with Gasteiger partial charge in [-0.3, -0.25) is 4.79 Å². The van der Waals surface area contributed by atoms with E-state index in [1.807, 2.05) is 0 Å². The molecule has 0 radical (unpaired) electrons. The molecule has 0 unspecified atom stereocenters. The Morgan fingerprint density at radius 3 is 2.60 bits per heavy atom. The molecule has 0 bridgehead atoms. The maximum absolute atomic E-state index is 12.8. The van der Waals surface area contributed by atoms with Crippen LogP contribution in [-0.2, 0) is 6.18 Å². The summed E-state index contributed by atoms with van der Waals surface area (Å²) in [7, 11) is 0. The molecular weight excluding hydrogens is 273 g/mol. The van der Waals surface area contributed by atoms with E-state index in [-0.39, 0.29) is 11.3 Å². The average molecular weight is 280 g/mol. The zero-order valence-corrected chi connectivity index (χ0v) is 9.85. The Bertz CT molecular complexity index is 712. The highest BCUT2D eigenvalue weighted by molar-refractivity contribution is 5.92. The number of nitrogens with two attached hydrogens (primary N) is 1. The summed E-state index contributed by atoms with van der Waals surface area (Å²) in [5, 5.41) is 12.4. The van der Waals surface area contributed by atoms with Gasteiger partial charge in [-0.2, -0.15) is 23.5 Å². The minimum absolute atomic E-state index is 0.0721. The molecule has 20 heavy (non-hydrogen) atoms. The molecule has 0 atom stereocenters. The molecule has 0 fully saturated rings. The van der Waals surface area contributed by atoms with Gasteiger partial charge in [0.2, 0.25) is 0 Å². The molecule has 1 aromatic carbocycles. The molecule has 2 rings (SSSR count). The van der Waals surface area contributed by atoms with Crippen molar-refractivity contribution in [2.24, 2.45) is 5.73 Å². The van der Waals surface area contributed by atoms with Crippen LogP contribution in [0.15, 0.2) is 30.6 Å². The first kappa shape index (κ1) is 13.6. The first-order valence-electron chi connectivity index (χ1n) is 5.29. The summed E-state index contributed by atoms with van der Waals surface area (Å²) in [4.78, 5) is 10.9. The van der Waals surface area contributed by atoms with Crippen LogP contribution in [0.4, 0.5) is 13.2 Å². The van der Waals surface area contributed by atoms with E-state index in [0.717, 1.165) is 23.0 Å². The van der Waals surface area contributed by atoms with E-state index in [2.05, 4.69) is 5.10 Å². The summed E-state index contributed by atoms with van der Waals surface area (Å²) in [6.07, 6.45) is -2.29. The first-order chi connectivity index (χ1) is 9.32. The van der Waals surface area contributed by atoms with Gasteiger partial charge in [0, 0.05) is 6.20 Å². The maximum Gasteiger partial charge on any atom is 0.417 e. The third-order valence-corrected chi connectivity index (χ3v) is 2.56. The highest BCUT2D eigenvalue weighted by atomic mass is 19.4. The van der Waals surface area contributed by atoms with Crippen LogP contribution in [0.2, 0.25) is 0 Å². The number of hydrogen-bond donors (Lipinski definition) is 1. The molecule has 0 aliphatic carbocycles. The molecule has 2 aromatic rings. The maximum atomic E-state index is 12.8. The minimum Gasteiger partial charge on any atom is -0.366 e. The van der Waals surface area contributed by atoms with Gasteiger partial charge < -0.3 is 5.73 Å². The van der Waals surface area contributed by atoms with Crippen LogP contribution in [0.1, 0.15) is 21.5 Å². The van der Waals surface area contributed by atoms with E-state index in [4.69, 9.17) is 11.0 Å². The molecular formula is C12H7F3N4O. The van der Waals surface area contributed by atoms with Crippen molar-refractivity contribution >= 4 is 5.91 Å².